The second-order valence-electron chi connectivity index (χ2n) is 8.73. The highest BCUT2D eigenvalue weighted by Gasteiger charge is 2.61. The Morgan fingerprint density at radius 2 is 2.11 bits per heavy atom. The Kier molecular flexibility index (Phi) is 4.54. The molecule has 0 spiro atoms. The fraction of sp³-hybridized carbons (Fsp3) is 0.650. The first kappa shape index (κ1) is 19.1. The Morgan fingerprint density at radius 1 is 1.33 bits per heavy atom. The van der Waals surface area contributed by atoms with Crippen molar-refractivity contribution in [2.45, 2.75) is 45.6 Å². The number of carbonyl (C=O) groups excluding carboxylic acids is 1. The maximum absolute atomic E-state index is 11.9. The van der Waals surface area contributed by atoms with E-state index in [0.29, 0.717) is 18.6 Å². The smallest absolute Gasteiger partial charge is 0.458 e. The lowest BCUT2D eigenvalue weighted by Crippen LogP contribution is -2.59. The van der Waals surface area contributed by atoms with Gasteiger partial charge in [0.1, 0.15) is 6.61 Å². The summed E-state index contributed by atoms with van der Waals surface area (Å²) in [6, 6.07) is 0. The van der Waals surface area contributed by atoms with Gasteiger partial charge in [0.2, 0.25) is 0 Å². The number of carbonyl (C=O) groups is 1. The van der Waals surface area contributed by atoms with Gasteiger partial charge in [-0.15, -0.1) is 0 Å². The molecule has 148 valence electrons. The van der Waals surface area contributed by atoms with Gasteiger partial charge in [-0.2, -0.15) is 0 Å². The Hall–Kier alpha value is -1.20. The summed E-state index contributed by atoms with van der Waals surface area (Å²) in [6.45, 7) is 9.26. The molecular formula is C20H27O6P. The van der Waals surface area contributed by atoms with E-state index in [1.54, 1.807) is 6.08 Å². The number of ether oxygens (including phenoxy) is 1. The molecule has 0 aromatic carbocycles. The average molecular weight is 394 g/mol. The van der Waals surface area contributed by atoms with Crippen LogP contribution in [0.25, 0.3) is 0 Å². The van der Waals surface area contributed by atoms with Gasteiger partial charge in [0.15, 0.2) is 0 Å². The number of rotatable bonds is 2. The normalized spacial score (nSPS) is 47.4. The van der Waals surface area contributed by atoms with E-state index in [4.69, 9.17) is 13.8 Å². The van der Waals surface area contributed by atoms with Gasteiger partial charge in [0.05, 0.1) is 18.3 Å². The van der Waals surface area contributed by atoms with Crippen LogP contribution >= 0.6 is 7.82 Å². The van der Waals surface area contributed by atoms with Crippen LogP contribution in [-0.4, -0.2) is 30.2 Å². The molecule has 4 rings (SSSR count). The van der Waals surface area contributed by atoms with Crippen molar-refractivity contribution in [2.24, 2.45) is 22.7 Å². The van der Waals surface area contributed by atoms with Crippen LogP contribution < -0.4 is 0 Å². The molecule has 1 unspecified atom stereocenters. The summed E-state index contributed by atoms with van der Waals surface area (Å²) in [6.07, 6.45) is 8.90. The van der Waals surface area contributed by atoms with Crippen molar-refractivity contribution in [3.8, 4) is 0 Å². The molecule has 2 aliphatic carbocycles. The maximum atomic E-state index is 11.9. The number of phosphoric ester groups is 1. The second-order valence-corrected chi connectivity index (χ2v) is 10.1. The molecule has 2 aliphatic heterocycles. The summed E-state index contributed by atoms with van der Waals surface area (Å²) < 4.78 is 27.6. The first-order valence-electron chi connectivity index (χ1n) is 9.55. The molecule has 6 atom stereocenters. The molecule has 1 N–H and O–H groups in total. The van der Waals surface area contributed by atoms with Crippen LogP contribution in [0.1, 0.15) is 39.5 Å². The third-order valence-corrected chi connectivity index (χ3v) is 8.17. The van der Waals surface area contributed by atoms with Gasteiger partial charge >= 0.3 is 13.8 Å². The van der Waals surface area contributed by atoms with Crippen molar-refractivity contribution >= 4 is 13.8 Å². The molecule has 0 amide bonds. The Bertz CT molecular complexity index is 785. The summed E-state index contributed by atoms with van der Waals surface area (Å²) in [4.78, 5) is 21.5. The molecule has 2 saturated carbocycles. The minimum atomic E-state index is -3.94. The van der Waals surface area contributed by atoms with Gasteiger partial charge in [0.25, 0.3) is 0 Å². The van der Waals surface area contributed by atoms with Gasteiger partial charge < -0.3 is 9.63 Å². The molecule has 0 aromatic heterocycles. The molecule has 4 aliphatic rings. The quantitative estimate of drug-likeness (QED) is 0.434. The number of phosphoric acid groups is 1. The lowest BCUT2D eigenvalue weighted by molar-refractivity contribution is -0.164. The second kappa shape index (κ2) is 6.41. The van der Waals surface area contributed by atoms with Gasteiger partial charge in [-0.1, -0.05) is 38.2 Å². The molecule has 1 saturated heterocycles. The molecular weight excluding hydrogens is 367 g/mol. The van der Waals surface area contributed by atoms with Crippen molar-refractivity contribution in [2.75, 3.05) is 13.2 Å². The highest BCUT2D eigenvalue weighted by molar-refractivity contribution is 7.47. The summed E-state index contributed by atoms with van der Waals surface area (Å²) in [5, 5.41) is 0. The van der Waals surface area contributed by atoms with Crippen molar-refractivity contribution in [3.05, 3.63) is 36.0 Å². The number of hydrogen-bond donors (Lipinski definition) is 1. The van der Waals surface area contributed by atoms with Crippen LogP contribution in [0, 0.1) is 22.7 Å². The van der Waals surface area contributed by atoms with E-state index in [1.807, 2.05) is 6.08 Å². The van der Waals surface area contributed by atoms with E-state index >= 15 is 0 Å². The van der Waals surface area contributed by atoms with E-state index < -0.39 is 7.82 Å². The highest BCUT2D eigenvalue weighted by atomic mass is 31.2. The number of esters is 1. The van der Waals surface area contributed by atoms with E-state index in [1.165, 1.54) is 5.57 Å². The first-order valence-corrected chi connectivity index (χ1v) is 11.0. The summed E-state index contributed by atoms with van der Waals surface area (Å²) >= 11 is 0. The fourth-order valence-corrected chi connectivity index (χ4v) is 6.92. The fourth-order valence-electron chi connectivity index (χ4n) is 5.75. The number of allylic oxidation sites excluding steroid dienone is 2. The molecule has 7 heteroatoms. The monoisotopic (exact) mass is 394 g/mol. The third kappa shape index (κ3) is 3.07. The van der Waals surface area contributed by atoms with Gasteiger partial charge in [-0.05, 0) is 43.1 Å². The molecule has 27 heavy (non-hydrogen) atoms. The molecule has 2 heterocycles. The Balaban J connectivity index is 1.64. The lowest BCUT2D eigenvalue weighted by Gasteiger charge is -2.61. The van der Waals surface area contributed by atoms with Gasteiger partial charge in [0, 0.05) is 11.3 Å². The molecule has 0 radical (unpaired) electrons. The minimum absolute atomic E-state index is 0.0658. The predicted octanol–water partition coefficient (Wildman–Crippen LogP) is 3.93. The van der Waals surface area contributed by atoms with E-state index in [-0.39, 0.29) is 41.3 Å². The van der Waals surface area contributed by atoms with Crippen LogP contribution in [0.2, 0.25) is 0 Å². The van der Waals surface area contributed by atoms with Gasteiger partial charge in [-0.3, -0.25) is 9.05 Å². The highest BCUT2D eigenvalue weighted by Crippen LogP contribution is 2.66. The van der Waals surface area contributed by atoms with Crippen molar-refractivity contribution in [3.63, 3.8) is 0 Å². The van der Waals surface area contributed by atoms with Crippen LogP contribution in [0.3, 0.4) is 0 Å². The largest absolute Gasteiger partial charge is 0.472 e. The summed E-state index contributed by atoms with van der Waals surface area (Å²) in [7, 11) is -3.94. The SMILES string of the molecule is C=C1CC[C@@H]2[C@]3(C)COP(=O)(O)O[C@@H]3CC[C@@]2(C)[C@@H]1/C=C/C1=CCOC1=O. The number of hydrogen-bond acceptors (Lipinski definition) is 5. The van der Waals surface area contributed by atoms with E-state index in [2.05, 4.69) is 26.5 Å². The van der Waals surface area contributed by atoms with E-state index in [9.17, 15) is 14.3 Å². The molecule has 3 fully saturated rings. The Labute approximate surface area is 159 Å². The zero-order valence-corrected chi connectivity index (χ0v) is 16.7. The predicted molar refractivity (Wildman–Crippen MR) is 99.6 cm³/mol. The summed E-state index contributed by atoms with van der Waals surface area (Å²) in [5.74, 6) is 0.123. The standard InChI is InChI=1S/C20H27O6P/c1-13-4-7-16-19(2,15(13)6-5-14-9-11-24-18(14)21)10-8-17-20(16,3)12-25-27(22,23)26-17/h5-6,9,15-17H,1,4,7-8,10-12H2,2-3H3,(H,22,23)/b6-5+/t15-,16+,17-,19+,20+/m1/s1. The molecule has 6 nitrogen and oxygen atoms in total. The van der Waals surface area contributed by atoms with Crippen LogP contribution in [0.4, 0.5) is 0 Å². The van der Waals surface area contributed by atoms with Crippen molar-refractivity contribution < 1.29 is 28.0 Å². The van der Waals surface area contributed by atoms with Crippen LogP contribution in [0.5, 0.6) is 0 Å². The molecule has 0 bridgehead atoms. The topological polar surface area (TPSA) is 82.1 Å². The minimum Gasteiger partial charge on any atom is -0.458 e. The lowest BCUT2D eigenvalue weighted by atomic mass is 9.46. The summed E-state index contributed by atoms with van der Waals surface area (Å²) in [5.41, 5.74) is 1.38. The zero-order chi connectivity index (χ0) is 19.4. The number of fused-ring (bicyclic) bond motifs is 3. The Morgan fingerprint density at radius 3 is 2.81 bits per heavy atom. The average Bonchev–Trinajstić information content (AvgIpc) is 3.00. The van der Waals surface area contributed by atoms with Crippen LogP contribution in [-0.2, 0) is 23.1 Å². The third-order valence-electron chi connectivity index (χ3n) is 7.20. The molecule has 0 aromatic rings. The first-order chi connectivity index (χ1) is 12.7. The zero-order valence-electron chi connectivity index (χ0n) is 15.8. The van der Waals surface area contributed by atoms with E-state index in [0.717, 1.165) is 19.3 Å². The van der Waals surface area contributed by atoms with Gasteiger partial charge in [-0.25, -0.2) is 9.36 Å². The van der Waals surface area contributed by atoms with Crippen molar-refractivity contribution in [1.29, 1.82) is 0 Å². The maximum Gasteiger partial charge on any atom is 0.472 e. The van der Waals surface area contributed by atoms with Crippen molar-refractivity contribution in [1.82, 2.24) is 0 Å². The van der Waals surface area contributed by atoms with Crippen LogP contribution in [0.15, 0.2) is 36.0 Å². The number of cyclic esters (lactones) is 1.